The summed E-state index contributed by atoms with van der Waals surface area (Å²) in [5.41, 5.74) is 8.19. The highest BCUT2D eigenvalue weighted by Crippen LogP contribution is 2.46. The molecule has 9 heteroatoms. The minimum Gasteiger partial charge on any atom is -0.488 e. The fourth-order valence-corrected chi connectivity index (χ4v) is 4.72. The first-order chi connectivity index (χ1) is 14.0. The molecule has 1 aromatic carbocycles. The molecular weight excluding hydrogens is 392 g/mol. The van der Waals surface area contributed by atoms with Gasteiger partial charge in [0.1, 0.15) is 21.6 Å². The minimum atomic E-state index is -0.587. The van der Waals surface area contributed by atoms with Crippen molar-refractivity contribution in [1.29, 1.82) is 0 Å². The number of pyridine rings is 1. The van der Waals surface area contributed by atoms with E-state index in [4.69, 9.17) is 15.2 Å². The standard InChI is InChI=1S/C20H18N4O4S/c1-10-8-11(28-12-5-7-27-9-12)2-3-13(10)24-14-4-6-22-19-15(14)16(23-20(24)26)17(29-19)18(21)25/h2-4,6,8,12H,5,7,9H2,1H3,(H2,21,25)(H,23,26)/t12-/m1/s1. The number of hydrogen-bond donors (Lipinski definition) is 2. The van der Waals surface area contributed by atoms with Gasteiger partial charge in [-0.15, -0.1) is 11.3 Å². The number of anilines is 3. The van der Waals surface area contributed by atoms with Crippen LogP contribution in [0.5, 0.6) is 5.75 Å². The molecule has 3 aromatic rings. The van der Waals surface area contributed by atoms with E-state index in [2.05, 4.69) is 10.3 Å². The molecule has 3 N–H and O–H groups in total. The molecule has 0 radical (unpaired) electrons. The Kier molecular flexibility index (Phi) is 4.14. The fraction of sp³-hybridized carbons (Fsp3) is 0.250. The lowest BCUT2D eigenvalue weighted by atomic mass is 10.1. The topological polar surface area (TPSA) is 107 Å². The van der Waals surface area contributed by atoms with Crippen molar-refractivity contribution in [1.82, 2.24) is 4.98 Å². The van der Waals surface area contributed by atoms with Crippen molar-refractivity contribution >= 4 is 50.6 Å². The maximum atomic E-state index is 13.0. The predicted molar refractivity (Wildman–Crippen MR) is 110 cm³/mol. The first kappa shape index (κ1) is 17.9. The van der Waals surface area contributed by atoms with E-state index in [9.17, 15) is 9.59 Å². The zero-order chi connectivity index (χ0) is 20.1. The summed E-state index contributed by atoms with van der Waals surface area (Å²) in [4.78, 5) is 31.7. The number of amides is 3. The van der Waals surface area contributed by atoms with Gasteiger partial charge in [-0.1, -0.05) is 0 Å². The quantitative estimate of drug-likeness (QED) is 0.684. The average Bonchev–Trinajstić information content (AvgIpc) is 3.32. The average molecular weight is 410 g/mol. The van der Waals surface area contributed by atoms with E-state index < -0.39 is 5.91 Å². The summed E-state index contributed by atoms with van der Waals surface area (Å²) >= 11 is 1.18. The number of nitrogens with two attached hydrogens (primary N) is 1. The van der Waals surface area contributed by atoms with E-state index in [1.54, 1.807) is 17.2 Å². The molecule has 2 aliphatic heterocycles. The van der Waals surface area contributed by atoms with Crippen molar-refractivity contribution in [2.45, 2.75) is 19.4 Å². The van der Waals surface area contributed by atoms with Crippen molar-refractivity contribution in [3.05, 3.63) is 40.9 Å². The number of aromatic nitrogens is 1. The summed E-state index contributed by atoms with van der Waals surface area (Å²) < 4.78 is 11.3. The first-order valence-electron chi connectivity index (χ1n) is 9.20. The van der Waals surface area contributed by atoms with Crippen molar-refractivity contribution in [3.63, 3.8) is 0 Å². The molecule has 1 atom stereocenters. The van der Waals surface area contributed by atoms with Crippen molar-refractivity contribution in [2.24, 2.45) is 5.73 Å². The SMILES string of the molecule is Cc1cc(O[C@@H]2CCOC2)ccc1N1C(=O)Nc2c(C(N)=O)sc3nccc1c23. The summed E-state index contributed by atoms with van der Waals surface area (Å²) in [5, 5.41) is 3.53. The fourth-order valence-electron chi connectivity index (χ4n) is 3.75. The molecule has 3 amide bonds. The highest BCUT2D eigenvalue weighted by Gasteiger charge is 2.32. The maximum Gasteiger partial charge on any atom is 0.331 e. The second-order valence-corrected chi connectivity index (χ2v) is 8.00. The Morgan fingerprint density at radius 1 is 1.38 bits per heavy atom. The normalized spacial score (nSPS) is 18.2. The molecule has 0 unspecified atom stereocenters. The Bertz CT molecular complexity index is 1150. The van der Waals surface area contributed by atoms with Crippen LogP contribution in [0.15, 0.2) is 30.5 Å². The van der Waals surface area contributed by atoms with E-state index in [0.29, 0.717) is 39.7 Å². The highest BCUT2D eigenvalue weighted by atomic mass is 32.1. The van der Waals surface area contributed by atoms with Gasteiger partial charge in [0.2, 0.25) is 0 Å². The summed E-state index contributed by atoms with van der Waals surface area (Å²) in [6.07, 6.45) is 2.55. The van der Waals surface area contributed by atoms with Gasteiger partial charge in [-0.2, -0.15) is 0 Å². The second-order valence-electron chi connectivity index (χ2n) is 7.00. The Balaban J connectivity index is 1.57. The molecule has 29 heavy (non-hydrogen) atoms. The zero-order valence-corrected chi connectivity index (χ0v) is 16.4. The molecule has 0 spiro atoms. The molecule has 1 fully saturated rings. The van der Waals surface area contributed by atoms with Gasteiger partial charge in [-0.05, 0) is 36.8 Å². The number of urea groups is 1. The van der Waals surface area contributed by atoms with Crippen LogP contribution in [0.25, 0.3) is 10.2 Å². The summed E-state index contributed by atoms with van der Waals surface area (Å²) in [6, 6.07) is 7.04. The van der Waals surface area contributed by atoms with Gasteiger partial charge in [0.05, 0.1) is 35.7 Å². The van der Waals surface area contributed by atoms with Gasteiger partial charge in [0.25, 0.3) is 5.91 Å². The number of aryl methyl sites for hydroxylation is 1. The van der Waals surface area contributed by atoms with E-state index in [-0.39, 0.29) is 12.1 Å². The first-order valence-corrected chi connectivity index (χ1v) is 10.0. The Labute approximate surface area is 170 Å². The number of ether oxygens (including phenoxy) is 2. The molecule has 0 bridgehead atoms. The predicted octanol–water partition coefficient (Wildman–Crippen LogP) is 3.55. The zero-order valence-electron chi connectivity index (χ0n) is 15.6. The van der Waals surface area contributed by atoms with Crippen LogP contribution in [0.2, 0.25) is 0 Å². The van der Waals surface area contributed by atoms with Gasteiger partial charge in [0.15, 0.2) is 0 Å². The Morgan fingerprint density at radius 2 is 2.24 bits per heavy atom. The number of primary amides is 1. The smallest absolute Gasteiger partial charge is 0.331 e. The van der Waals surface area contributed by atoms with E-state index >= 15 is 0 Å². The van der Waals surface area contributed by atoms with Crippen molar-refractivity contribution < 1.29 is 19.1 Å². The highest BCUT2D eigenvalue weighted by molar-refractivity contribution is 7.21. The number of carbonyl (C=O) groups excluding carboxylic acids is 2. The number of thiophene rings is 1. The number of rotatable bonds is 4. The van der Waals surface area contributed by atoms with Gasteiger partial charge in [-0.3, -0.25) is 9.69 Å². The van der Waals surface area contributed by atoms with Crippen LogP contribution in [0, 0.1) is 6.92 Å². The summed E-state index contributed by atoms with van der Waals surface area (Å²) in [5.74, 6) is 0.155. The van der Waals surface area contributed by atoms with Gasteiger partial charge >= 0.3 is 6.03 Å². The van der Waals surface area contributed by atoms with Crippen LogP contribution in [0.3, 0.4) is 0 Å². The third kappa shape index (κ3) is 2.90. The minimum absolute atomic E-state index is 0.0546. The second kappa shape index (κ2) is 6.71. The summed E-state index contributed by atoms with van der Waals surface area (Å²) in [6.45, 7) is 3.23. The number of benzene rings is 1. The van der Waals surface area contributed by atoms with Crippen LogP contribution in [-0.2, 0) is 4.74 Å². The number of nitrogens with zero attached hydrogens (tertiary/aromatic N) is 2. The number of nitrogens with one attached hydrogen (secondary N) is 1. The van der Waals surface area contributed by atoms with Crippen LogP contribution in [-0.4, -0.2) is 36.2 Å². The largest absolute Gasteiger partial charge is 0.488 e. The third-order valence-electron chi connectivity index (χ3n) is 5.07. The van der Waals surface area contributed by atoms with Gasteiger partial charge in [0, 0.05) is 12.6 Å². The Hall–Kier alpha value is -3.17. The monoisotopic (exact) mass is 410 g/mol. The number of hydrogen-bond acceptors (Lipinski definition) is 6. The Morgan fingerprint density at radius 3 is 2.97 bits per heavy atom. The maximum absolute atomic E-state index is 13.0. The van der Waals surface area contributed by atoms with Crippen LogP contribution >= 0.6 is 11.3 Å². The molecule has 1 saturated heterocycles. The number of carbonyl (C=O) groups is 2. The molecule has 148 valence electrons. The van der Waals surface area contributed by atoms with E-state index in [1.165, 1.54) is 11.3 Å². The van der Waals surface area contributed by atoms with E-state index in [1.807, 2.05) is 25.1 Å². The molecule has 4 heterocycles. The molecular formula is C20H18N4O4S. The van der Waals surface area contributed by atoms with Gasteiger partial charge in [-0.25, -0.2) is 9.78 Å². The summed E-state index contributed by atoms with van der Waals surface area (Å²) in [7, 11) is 0. The molecule has 0 aliphatic carbocycles. The van der Waals surface area contributed by atoms with E-state index in [0.717, 1.165) is 23.4 Å². The molecule has 0 saturated carbocycles. The van der Waals surface area contributed by atoms with Gasteiger partial charge < -0.3 is 20.5 Å². The van der Waals surface area contributed by atoms with Crippen molar-refractivity contribution in [3.8, 4) is 5.75 Å². The molecule has 8 nitrogen and oxygen atoms in total. The lowest BCUT2D eigenvalue weighted by Gasteiger charge is -2.29. The van der Waals surface area contributed by atoms with Crippen LogP contribution < -0.4 is 20.7 Å². The van der Waals surface area contributed by atoms with Crippen LogP contribution in [0.1, 0.15) is 21.7 Å². The molecule has 2 aliphatic rings. The van der Waals surface area contributed by atoms with Crippen LogP contribution in [0.4, 0.5) is 21.9 Å². The third-order valence-corrected chi connectivity index (χ3v) is 6.18. The van der Waals surface area contributed by atoms with Crippen molar-refractivity contribution in [2.75, 3.05) is 23.4 Å². The molecule has 2 aromatic heterocycles. The lowest BCUT2D eigenvalue weighted by Crippen LogP contribution is -2.34. The molecule has 5 rings (SSSR count). The lowest BCUT2D eigenvalue weighted by molar-refractivity contribution is 0.100.